The van der Waals surface area contributed by atoms with Crippen molar-refractivity contribution >= 4 is 8.80 Å². The molecule has 0 N–H and O–H groups in total. The van der Waals surface area contributed by atoms with Crippen molar-refractivity contribution < 1.29 is 105 Å². The summed E-state index contributed by atoms with van der Waals surface area (Å²) in [6.07, 6.45) is -16.3. The van der Waals surface area contributed by atoms with Crippen LogP contribution in [0, 0.1) is 0 Å². The van der Waals surface area contributed by atoms with Crippen LogP contribution in [0.15, 0.2) is 0 Å². The van der Waals surface area contributed by atoms with Crippen LogP contribution in [0.1, 0.15) is 0 Å². The lowest BCUT2D eigenvalue weighted by Crippen LogP contribution is -2.77. The zero-order valence-electron chi connectivity index (χ0n) is 19.0. The van der Waals surface area contributed by atoms with E-state index in [9.17, 15) is 92.2 Å². The van der Waals surface area contributed by atoms with E-state index < -0.39 is 80.7 Å². The zero-order chi connectivity index (χ0) is 32.9. The molecule has 242 valence electrons. The summed E-state index contributed by atoms with van der Waals surface area (Å²) in [5.74, 6) is -73.4. The van der Waals surface area contributed by atoms with Gasteiger partial charge in [-0.25, -0.2) is 22.0 Å². The van der Waals surface area contributed by atoms with Crippen LogP contribution < -0.4 is 0 Å². The first-order valence-electron chi connectivity index (χ1n) is 9.23. The molecule has 0 aromatic rings. The fourth-order valence-electron chi connectivity index (χ4n) is 2.65. The van der Waals surface area contributed by atoms with Crippen molar-refractivity contribution in [2.24, 2.45) is 0 Å². The molecule has 40 heavy (non-hydrogen) atoms. The van der Waals surface area contributed by atoms with Gasteiger partial charge in [0.15, 0.2) is 6.17 Å². The van der Waals surface area contributed by atoms with Gasteiger partial charge < -0.3 is 13.3 Å². The number of rotatable bonds is 15. The molecule has 0 spiro atoms. The number of hydrogen-bond acceptors (Lipinski definition) is 3. The standard InChI is InChI=1S/C15H13F21O3Si/c1-37-40(38-2,39-3)7(20)9(23,24)11(27,28)13(31,32)15(35,36)14(33,34)12(29,30)10(25,26)8(21,22)5(17)4(16)6(18)19/h4-7H,1-3H3. The molecule has 3 nitrogen and oxygen atoms in total. The fourth-order valence-corrected chi connectivity index (χ4v) is 4.40. The van der Waals surface area contributed by atoms with Crippen molar-refractivity contribution in [2.45, 2.75) is 71.9 Å². The van der Waals surface area contributed by atoms with Crippen molar-refractivity contribution in [3.05, 3.63) is 0 Å². The second-order valence-electron chi connectivity index (χ2n) is 7.45. The van der Waals surface area contributed by atoms with E-state index in [1.807, 2.05) is 0 Å². The predicted molar refractivity (Wildman–Crippen MR) is 87.0 cm³/mol. The predicted octanol–water partition coefficient (Wildman–Crippen LogP) is 6.77. The molecule has 0 radical (unpaired) electrons. The zero-order valence-corrected chi connectivity index (χ0v) is 20.0. The second-order valence-corrected chi connectivity index (χ2v) is 10.4. The lowest BCUT2D eigenvalue weighted by atomic mass is 9.86. The topological polar surface area (TPSA) is 27.7 Å². The van der Waals surface area contributed by atoms with Crippen LogP contribution in [-0.4, -0.2) is 102 Å². The van der Waals surface area contributed by atoms with Crippen LogP contribution in [0.25, 0.3) is 0 Å². The van der Waals surface area contributed by atoms with Gasteiger partial charge in [-0.2, -0.15) is 70.2 Å². The van der Waals surface area contributed by atoms with E-state index in [4.69, 9.17) is 0 Å². The summed E-state index contributed by atoms with van der Waals surface area (Å²) in [6, 6.07) is 0. The molecule has 0 saturated heterocycles. The molecule has 0 heterocycles. The quantitative estimate of drug-likeness (QED) is 0.143. The fraction of sp³-hybridized carbons (Fsp3) is 1.00. The van der Waals surface area contributed by atoms with Gasteiger partial charge in [-0.1, -0.05) is 0 Å². The highest BCUT2D eigenvalue weighted by Crippen LogP contribution is 2.65. The number of halogens is 21. The smallest absolute Gasteiger partial charge is 0.375 e. The Morgan fingerprint density at radius 2 is 0.675 bits per heavy atom. The van der Waals surface area contributed by atoms with Crippen LogP contribution in [0.4, 0.5) is 92.2 Å². The van der Waals surface area contributed by atoms with Gasteiger partial charge in [-0.3, -0.25) is 0 Å². The van der Waals surface area contributed by atoms with Gasteiger partial charge in [0.25, 0.3) is 6.43 Å². The largest absolute Gasteiger partial charge is 0.543 e. The van der Waals surface area contributed by atoms with Crippen molar-refractivity contribution in [1.29, 1.82) is 0 Å². The molecular weight excluding hydrogens is 655 g/mol. The van der Waals surface area contributed by atoms with Gasteiger partial charge in [0, 0.05) is 21.3 Å². The number of hydrogen-bond donors (Lipinski definition) is 0. The Morgan fingerprint density at radius 1 is 0.425 bits per heavy atom. The van der Waals surface area contributed by atoms with E-state index >= 15 is 0 Å². The minimum atomic E-state index is -9.07. The van der Waals surface area contributed by atoms with E-state index in [0.717, 1.165) is 0 Å². The molecule has 0 amide bonds. The lowest BCUT2D eigenvalue weighted by Gasteiger charge is -2.45. The van der Waals surface area contributed by atoms with E-state index in [-0.39, 0.29) is 21.3 Å². The molecule has 0 aliphatic heterocycles. The highest BCUT2D eigenvalue weighted by atomic mass is 28.4. The van der Waals surface area contributed by atoms with Crippen molar-refractivity contribution in [3.8, 4) is 0 Å². The SMILES string of the molecule is CO[Si](OC)(OC)C(F)C(F)(F)C(F)(F)C(F)(F)C(F)(F)C(F)(F)C(F)(F)C(F)(F)C(F)(F)C(F)C(F)C(F)F. The first-order valence-corrected chi connectivity index (χ1v) is 11.0. The number of alkyl halides is 21. The van der Waals surface area contributed by atoms with Gasteiger partial charge in [-0.15, -0.1) is 0 Å². The molecule has 0 bridgehead atoms. The molecule has 25 heteroatoms. The van der Waals surface area contributed by atoms with Crippen molar-refractivity contribution in [3.63, 3.8) is 0 Å². The first kappa shape index (κ1) is 38.6. The molecule has 0 aromatic carbocycles. The third-order valence-corrected chi connectivity index (χ3v) is 7.85. The monoisotopic (exact) mass is 668 g/mol. The average Bonchev–Trinajstić information content (AvgIpc) is 2.83. The molecule has 0 aromatic heterocycles. The van der Waals surface area contributed by atoms with Crippen molar-refractivity contribution in [2.75, 3.05) is 21.3 Å². The second kappa shape index (κ2) is 11.0. The third kappa shape index (κ3) is 4.98. The molecule has 0 aliphatic rings. The molecule has 3 atom stereocenters. The Morgan fingerprint density at radius 3 is 0.925 bits per heavy atom. The molecular formula is C15H13F21O3Si. The van der Waals surface area contributed by atoms with Crippen LogP contribution in [0.2, 0.25) is 0 Å². The maximum absolute atomic E-state index is 14.2. The summed E-state index contributed by atoms with van der Waals surface area (Å²) in [6.45, 7) is 0. The van der Waals surface area contributed by atoms with E-state index in [1.165, 1.54) is 0 Å². The Kier molecular flexibility index (Phi) is 10.7. The van der Waals surface area contributed by atoms with Crippen molar-refractivity contribution in [1.82, 2.24) is 0 Å². The maximum atomic E-state index is 14.2. The molecule has 0 rings (SSSR count). The summed E-state index contributed by atoms with van der Waals surface area (Å²) in [5.41, 5.74) is 0. The first-order chi connectivity index (χ1) is 17.4. The van der Waals surface area contributed by atoms with Crippen LogP contribution in [0.5, 0.6) is 0 Å². The minimum absolute atomic E-state index is 0.109. The molecule has 0 aliphatic carbocycles. The Hall–Kier alpha value is -1.37. The van der Waals surface area contributed by atoms with Gasteiger partial charge in [0.05, 0.1) is 0 Å². The Labute approximate surface area is 208 Å². The Bertz CT molecular complexity index is 852. The summed E-state index contributed by atoms with van der Waals surface area (Å²) >= 11 is 0. The normalized spacial score (nSPS) is 18.2. The van der Waals surface area contributed by atoms with Gasteiger partial charge in [0.1, 0.15) is 0 Å². The van der Waals surface area contributed by atoms with E-state index in [0.29, 0.717) is 0 Å². The van der Waals surface area contributed by atoms with Crippen LogP contribution in [-0.2, 0) is 13.3 Å². The van der Waals surface area contributed by atoms with E-state index in [2.05, 4.69) is 13.3 Å². The maximum Gasteiger partial charge on any atom is 0.543 e. The van der Waals surface area contributed by atoms with Crippen LogP contribution in [0.3, 0.4) is 0 Å². The highest BCUT2D eigenvalue weighted by Gasteiger charge is 2.96. The van der Waals surface area contributed by atoms with Gasteiger partial charge in [-0.05, 0) is 0 Å². The summed E-state index contributed by atoms with van der Waals surface area (Å²) in [4.78, 5) is 0. The third-order valence-electron chi connectivity index (χ3n) is 5.16. The highest BCUT2D eigenvalue weighted by molar-refractivity contribution is 6.62. The van der Waals surface area contributed by atoms with Gasteiger partial charge >= 0.3 is 56.2 Å². The van der Waals surface area contributed by atoms with Gasteiger partial charge in [0.2, 0.25) is 12.0 Å². The van der Waals surface area contributed by atoms with E-state index in [1.54, 1.807) is 0 Å². The summed E-state index contributed by atoms with van der Waals surface area (Å²) in [5, 5.41) is 0. The molecule has 0 fully saturated rings. The summed E-state index contributed by atoms with van der Waals surface area (Å²) < 4.78 is 296. The lowest BCUT2D eigenvalue weighted by molar-refractivity contribution is -0.457. The molecule has 0 saturated carbocycles. The minimum Gasteiger partial charge on any atom is -0.375 e. The molecule has 3 unspecified atom stereocenters. The Balaban J connectivity index is 7.10. The average molecular weight is 668 g/mol. The summed E-state index contributed by atoms with van der Waals surface area (Å²) in [7, 11) is -5.72. The van der Waals surface area contributed by atoms with Crippen LogP contribution >= 0.6 is 0 Å².